The highest BCUT2D eigenvalue weighted by molar-refractivity contribution is 5.91. The summed E-state index contributed by atoms with van der Waals surface area (Å²) in [7, 11) is 0. The number of para-hydroxylation sites is 1. The number of nitrogens with zero attached hydrogens (tertiary/aromatic N) is 5. The van der Waals surface area contributed by atoms with Crippen LogP contribution in [0, 0.1) is 0 Å². The van der Waals surface area contributed by atoms with Crippen molar-refractivity contribution in [2.75, 3.05) is 41.9 Å². The number of morpholine rings is 1. The molecule has 0 spiro atoms. The standard InChI is InChI=1S/C27H25N7O3/c35-24(21-7-3-1-4-8-21)37-23-13-11-20(12-14-23)19-28-33-26-30-25(29-22-9-5-2-6-10-22)31-27(32-26)34-15-17-36-18-16-34/h1-14,19H,15-18H2,(H2,29,30,31,32,33)/b28-19-. The summed E-state index contributed by atoms with van der Waals surface area (Å²) in [5.41, 5.74) is 5.05. The Labute approximate surface area is 214 Å². The molecule has 0 atom stereocenters. The zero-order valence-electron chi connectivity index (χ0n) is 19.9. The minimum Gasteiger partial charge on any atom is -0.423 e. The minimum absolute atomic E-state index is 0.305. The molecular weight excluding hydrogens is 470 g/mol. The lowest BCUT2D eigenvalue weighted by atomic mass is 10.2. The fourth-order valence-electron chi connectivity index (χ4n) is 3.55. The van der Waals surface area contributed by atoms with Crippen molar-refractivity contribution in [1.82, 2.24) is 15.0 Å². The number of ether oxygens (including phenoxy) is 2. The number of aromatic nitrogens is 3. The van der Waals surface area contributed by atoms with Crippen LogP contribution in [0.5, 0.6) is 5.75 Å². The molecule has 2 heterocycles. The van der Waals surface area contributed by atoms with Crippen LogP contribution in [0.3, 0.4) is 0 Å². The van der Waals surface area contributed by atoms with Crippen LogP contribution < -0.4 is 20.4 Å². The molecule has 0 aliphatic carbocycles. The normalized spacial score (nSPS) is 13.4. The van der Waals surface area contributed by atoms with Gasteiger partial charge in [0.25, 0.3) is 0 Å². The van der Waals surface area contributed by atoms with Gasteiger partial charge in [0.05, 0.1) is 25.0 Å². The van der Waals surface area contributed by atoms with E-state index in [0.717, 1.165) is 11.3 Å². The van der Waals surface area contributed by atoms with E-state index in [1.165, 1.54) is 0 Å². The molecule has 1 saturated heterocycles. The average molecular weight is 496 g/mol. The zero-order valence-corrected chi connectivity index (χ0v) is 19.9. The van der Waals surface area contributed by atoms with E-state index in [4.69, 9.17) is 9.47 Å². The second-order valence-electron chi connectivity index (χ2n) is 8.07. The highest BCUT2D eigenvalue weighted by Gasteiger charge is 2.16. The first-order valence-corrected chi connectivity index (χ1v) is 11.8. The van der Waals surface area contributed by atoms with Gasteiger partial charge >= 0.3 is 5.97 Å². The number of nitrogens with one attached hydrogen (secondary N) is 2. The number of anilines is 4. The molecule has 10 nitrogen and oxygen atoms in total. The van der Waals surface area contributed by atoms with Crippen LogP contribution in [0.2, 0.25) is 0 Å². The summed E-state index contributed by atoms with van der Waals surface area (Å²) < 4.78 is 10.9. The van der Waals surface area contributed by atoms with Crippen molar-refractivity contribution in [3.8, 4) is 5.75 Å². The second-order valence-corrected chi connectivity index (χ2v) is 8.07. The molecule has 5 rings (SSSR count). The van der Waals surface area contributed by atoms with Gasteiger partial charge < -0.3 is 19.7 Å². The Morgan fingerprint density at radius 2 is 1.54 bits per heavy atom. The van der Waals surface area contributed by atoms with Gasteiger partial charge in [-0.05, 0) is 54.1 Å². The Morgan fingerprint density at radius 3 is 2.27 bits per heavy atom. The topological polar surface area (TPSA) is 114 Å². The minimum atomic E-state index is -0.408. The molecule has 10 heteroatoms. The van der Waals surface area contributed by atoms with E-state index in [2.05, 4.69) is 30.8 Å². The van der Waals surface area contributed by atoms with Crippen molar-refractivity contribution in [3.63, 3.8) is 0 Å². The van der Waals surface area contributed by atoms with E-state index in [0.29, 0.717) is 55.5 Å². The molecule has 1 aliphatic rings. The average Bonchev–Trinajstić information content (AvgIpc) is 2.95. The van der Waals surface area contributed by atoms with Gasteiger partial charge in [0, 0.05) is 18.8 Å². The fourth-order valence-corrected chi connectivity index (χ4v) is 3.55. The quantitative estimate of drug-likeness (QED) is 0.161. The Balaban J connectivity index is 1.26. The second kappa shape index (κ2) is 11.7. The van der Waals surface area contributed by atoms with Crippen LogP contribution in [-0.2, 0) is 4.74 Å². The monoisotopic (exact) mass is 495 g/mol. The molecule has 186 valence electrons. The first kappa shape index (κ1) is 23.9. The Bertz CT molecular complexity index is 1340. The molecule has 0 amide bonds. The number of benzene rings is 3. The van der Waals surface area contributed by atoms with Crippen molar-refractivity contribution >= 4 is 35.7 Å². The third kappa shape index (κ3) is 6.65. The van der Waals surface area contributed by atoms with Crippen LogP contribution in [0.25, 0.3) is 0 Å². The van der Waals surface area contributed by atoms with Crippen molar-refractivity contribution in [2.45, 2.75) is 0 Å². The van der Waals surface area contributed by atoms with E-state index in [-0.39, 0.29) is 0 Å². The first-order valence-electron chi connectivity index (χ1n) is 11.8. The summed E-state index contributed by atoms with van der Waals surface area (Å²) in [6.07, 6.45) is 1.63. The predicted molar refractivity (Wildman–Crippen MR) is 142 cm³/mol. The highest BCUT2D eigenvalue weighted by atomic mass is 16.5. The lowest BCUT2D eigenvalue weighted by Gasteiger charge is -2.27. The smallest absolute Gasteiger partial charge is 0.343 e. The van der Waals surface area contributed by atoms with E-state index in [1.807, 2.05) is 41.3 Å². The van der Waals surface area contributed by atoms with E-state index >= 15 is 0 Å². The number of hydrazone groups is 1. The number of esters is 1. The van der Waals surface area contributed by atoms with Crippen LogP contribution >= 0.6 is 0 Å². The van der Waals surface area contributed by atoms with Gasteiger partial charge in [0.1, 0.15) is 5.75 Å². The summed E-state index contributed by atoms with van der Waals surface area (Å²) in [6.45, 7) is 2.62. The van der Waals surface area contributed by atoms with Gasteiger partial charge in [0.15, 0.2) is 0 Å². The van der Waals surface area contributed by atoms with Gasteiger partial charge in [-0.2, -0.15) is 20.1 Å². The molecule has 3 aromatic carbocycles. The third-order valence-electron chi connectivity index (χ3n) is 5.43. The Hall–Kier alpha value is -4.83. The molecule has 0 unspecified atom stereocenters. The molecule has 0 radical (unpaired) electrons. The van der Waals surface area contributed by atoms with Crippen LogP contribution in [-0.4, -0.2) is 53.4 Å². The van der Waals surface area contributed by atoms with Crippen molar-refractivity contribution < 1.29 is 14.3 Å². The molecule has 37 heavy (non-hydrogen) atoms. The maximum absolute atomic E-state index is 12.2. The Morgan fingerprint density at radius 1 is 0.865 bits per heavy atom. The van der Waals surface area contributed by atoms with E-state index in [9.17, 15) is 4.79 Å². The summed E-state index contributed by atoms with van der Waals surface area (Å²) in [5, 5.41) is 7.49. The molecular formula is C27H25N7O3. The van der Waals surface area contributed by atoms with Gasteiger partial charge in [-0.15, -0.1) is 0 Å². The summed E-state index contributed by atoms with van der Waals surface area (Å²) >= 11 is 0. The summed E-state index contributed by atoms with van der Waals surface area (Å²) in [5.74, 6) is 1.29. The largest absolute Gasteiger partial charge is 0.423 e. The SMILES string of the molecule is O=C(Oc1ccc(/C=N\Nc2nc(Nc3ccccc3)nc(N3CCOCC3)n2)cc1)c1ccccc1. The van der Waals surface area contributed by atoms with Crippen LogP contribution in [0.1, 0.15) is 15.9 Å². The third-order valence-corrected chi connectivity index (χ3v) is 5.43. The lowest BCUT2D eigenvalue weighted by Crippen LogP contribution is -2.37. The molecule has 1 aromatic heterocycles. The van der Waals surface area contributed by atoms with Crippen molar-refractivity contribution in [1.29, 1.82) is 0 Å². The van der Waals surface area contributed by atoms with Crippen LogP contribution in [0.15, 0.2) is 90.0 Å². The van der Waals surface area contributed by atoms with Gasteiger partial charge in [-0.1, -0.05) is 36.4 Å². The van der Waals surface area contributed by atoms with Gasteiger partial charge in [-0.25, -0.2) is 10.2 Å². The number of hydrogen-bond donors (Lipinski definition) is 2. The summed E-state index contributed by atoms with van der Waals surface area (Å²) in [6, 6.07) is 25.6. The maximum atomic E-state index is 12.2. The fraction of sp³-hybridized carbons (Fsp3) is 0.148. The molecule has 4 aromatic rings. The Kier molecular flexibility index (Phi) is 7.58. The number of hydrogen-bond acceptors (Lipinski definition) is 10. The van der Waals surface area contributed by atoms with Gasteiger partial charge in [0.2, 0.25) is 17.8 Å². The van der Waals surface area contributed by atoms with E-state index < -0.39 is 5.97 Å². The number of carbonyl (C=O) groups is 1. The first-order chi connectivity index (χ1) is 18.2. The van der Waals surface area contributed by atoms with Crippen molar-refractivity contribution in [2.24, 2.45) is 5.10 Å². The van der Waals surface area contributed by atoms with Gasteiger partial charge in [-0.3, -0.25) is 0 Å². The van der Waals surface area contributed by atoms with Crippen molar-refractivity contribution in [3.05, 3.63) is 96.1 Å². The molecule has 2 N–H and O–H groups in total. The van der Waals surface area contributed by atoms with E-state index in [1.54, 1.807) is 54.7 Å². The lowest BCUT2D eigenvalue weighted by molar-refractivity contribution is 0.0734. The highest BCUT2D eigenvalue weighted by Crippen LogP contribution is 2.19. The zero-order chi connectivity index (χ0) is 25.3. The number of carbonyl (C=O) groups excluding carboxylic acids is 1. The van der Waals surface area contributed by atoms with Crippen LogP contribution in [0.4, 0.5) is 23.5 Å². The molecule has 0 saturated carbocycles. The maximum Gasteiger partial charge on any atom is 0.343 e. The molecule has 1 aliphatic heterocycles. The summed E-state index contributed by atoms with van der Waals surface area (Å²) in [4.78, 5) is 27.8. The number of rotatable bonds is 8. The predicted octanol–water partition coefficient (Wildman–Crippen LogP) is 4.12. The molecule has 0 bridgehead atoms. The molecule has 1 fully saturated rings.